The van der Waals surface area contributed by atoms with E-state index in [0.29, 0.717) is 5.92 Å². The zero-order chi connectivity index (χ0) is 22.6. The third-order valence-electron chi connectivity index (χ3n) is 5.17. The molecule has 0 aliphatic heterocycles. The standard InChI is InChI=1S/C22H22.C7H8.C2H6.2CH4/c1-16-4-10-19(11-5-16)22(20-12-6-17(2)7-13-20)21-14-8-18(3)9-15-21;1-7-5-3-2-4-6-7;1-2;;/h4-15,22H,1-3H3;2-6H,1H3;1-2H3;2*1H4. The molecule has 0 spiro atoms. The van der Waals surface area contributed by atoms with Crippen LogP contribution in [0.1, 0.15) is 73.6 Å². The molecule has 0 aliphatic carbocycles. The smallest absolute Gasteiger partial charge is 0.0339 e. The van der Waals surface area contributed by atoms with E-state index in [1.165, 1.54) is 38.9 Å². The number of hydrogen-bond acceptors (Lipinski definition) is 0. The molecule has 0 aliphatic rings. The van der Waals surface area contributed by atoms with Crippen molar-refractivity contribution in [1.29, 1.82) is 0 Å². The summed E-state index contributed by atoms with van der Waals surface area (Å²) in [6, 6.07) is 37.0. The van der Waals surface area contributed by atoms with Crippen molar-refractivity contribution >= 4 is 0 Å². The Morgan fingerprint density at radius 1 is 0.364 bits per heavy atom. The van der Waals surface area contributed by atoms with Crippen molar-refractivity contribution in [3.8, 4) is 0 Å². The maximum absolute atomic E-state index is 2.25. The van der Waals surface area contributed by atoms with E-state index < -0.39 is 0 Å². The van der Waals surface area contributed by atoms with Gasteiger partial charge in [0.1, 0.15) is 0 Å². The largest absolute Gasteiger partial charge is 0.0776 e. The molecule has 33 heavy (non-hydrogen) atoms. The van der Waals surface area contributed by atoms with Crippen LogP contribution in [-0.2, 0) is 0 Å². The highest BCUT2D eigenvalue weighted by atomic mass is 14.2. The van der Waals surface area contributed by atoms with E-state index in [9.17, 15) is 0 Å². The highest BCUT2D eigenvalue weighted by molar-refractivity contribution is 5.44. The molecule has 0 N–H and O–H groups in total. The average molecular weight is 441 g/mol. The zero-order valence-corrected chi connectivity index (χ0v) is 19.9. The van der Waals surface area contributed by atoms with Crippen LogP contribution < -0.4 is 0 Å². The second-order valence-electron chi connectivity index (χ2n) is 7.82. The molecular weight excluding hydrogens is 396 g/mol. The second kappa shape index (κ2) is 15.6. The van der Waals surface area contributed by atoms with E-state index in [0.717, 1.165) is 0 Å². The molecule has 0 heterocycles. The van der Waals surface area contributed by atoms with Gasteiger partial charge in [-0.05, 0) is 44.4 Å². The Bertz CT molecular complexity index is 884. The minimum Gasteiger partial charge on any atom is -0.0776 e. The second-order valence-corrected chi connectivity index (χ2v) is 7.82. The van der Waals surface area contributed by atoms with Crippen molar-refractivity contribution < 1.29 is 0 Å². The van der Waals surface area contributed by atoms with E-state index in [1.807, 2.05) is 32.0 Å². The molecular formula is C33H44. The van der Waals surface area contributed by atoms with Crippen molar-refractivity contribution in [2.24, 2.45) is 0 Å². The first-order chi connectivity index (χ1) is 15.0. The Balaban J connectivity index is 0.000000795. The molecule has 4 rings (SSSR count). The van der Waals surface area contributed by atoms with Gasteiger partial charge in [0.05, 0.1) is 0 Å². The molecule has 0 heteroatoms. The van der Waals surface area contributed by atoms with Crippen molar-refractivity contribution in [3.63, 3.8) is 0 Å². The molecule has 4 aromatic rings. The lowest BCUT2D eigenvalue weighted by Crippen LogP contribution is -2.03. The van der Waals surface area contributed by atoms with Crippen LogP contribution in [0.4, 0.5) is 0 Å². The summed E-state index contributed by atoms with van der Waals surface area (Å²) in [6.07, 6.45) is 0. The Morgan fingerprint density at radius 2 is 0.606 bits per heavy atom. The molecule has 0 unspecified atom stereocenters. The SMILES string of the molecule is C.C.CC.Cc1ccc(C(c2ccc(C)cc2)c2ccc(C)cc2)cc1.Cc1ccccc1. The molecule has 0 saturated heterocycles. The fourth-order valence-corrected chi connectivity index (χ4v) is 3.39. The summed E-state index contributed by atoms with van der Waals surface area (Å²) in [4.78, 5) is 0. The van der Waals surface area contributed by atoms with Crippen LogP contribution in [0, 0.1) is 27.7 Å². The Hall–Kier alpha value is -3.12. The quantitative estimate of drug-likeness (QED) is 0.278. The predicted molar refractivity (Wildman–Crippen MR) is 150 cm³/mol. The van der Waals surface area contributed by atoms with Gasteiger partial charge in [-0.1, -0.05) is 154 Å². The molecule has 0 nitrogen and oxygen atoms in total. The summed E-state index contributed by atoms with van der Waals surface area (Å²) in [7, 11) is 0. The Labute approximate surface area is 204 Å². The highest BCUT2D eigenvalue weighted by Crippen LogP contribution is 2.32. The van der Waals surface area contributed by atoms with Crippen molar-refractivity contribution in [1.82, 2.24) is 0 Å². The van der Waals surface area contributed by atoms with Gasteiger partial charge in [-0.3, -0.25) is 0 Å². The zero-order valence-electron chi connectivity index (χ0n) is 19.9. The van der Waals surface area contributed by atoms with Gasteiger partial charge in [0.25, 0.3) is 0 Å². The van der Waals surface area contributed by atoms with Crippen LogP contribution in [0.3, 0.4) is 0 Å². The summed E-state index contributed by atoms with van der Waals surface area (Å²) in [6.45, 7) is 12.5. The van der Waals surface area contributed by atoms with Crippen LogP contribution in [-0.4, -0.2) is 0 Å². The minimum absolute atomic E-state index is 0. The minimum atomic E-state index is 0. The molecule has 0 radical (unpaired) electrons. The van der Waals surface area contributed by atoms with E-state index in [4.69, 9.17) is 0 Å². The van der Waals surface area contributed by atoms with Gasteiger partial charge in [-0.25, -0.2) is 0 Å². The van der Waals surface area contributed by atoms with Gasteiger partial charge < -0.3 is 0 Å². The normalized spacial score (nSPS) is 9.30. The van der Waals surface area contributed by atoms with Gasteiger partial charge in [0.2, 0.25) is 0 Å². The summed E-state index contributed by atoms with van der Waals surface area (Å²) in [5, 5.41) is 0. The third kappa shape index (κ3) is 9.49. The monoisotopic (exact) mass is 440 g/mol. The van der Waals surface area contributed by atoms with Crippen LogP contribution in [0.15, 0.2) is 103 Å². The molecule has 176 valence electrons. The van der Waals surface area contributed by atoms with Gasteiger partial charge in [0.15, 0.2) is 0 Å². The van der Waals surface area contributed by atoms with Gasteiger partial charge >= 0.3 is 0 Å². The van der Waals surface area contributed by atoms with Crippen LogP contribution in [0.2, 0.25) is 0 Å². The Kier molecular flexibility index (Phi) is 14.2. The van der Waals surface area contributed by atoms with Crippen molar-refractivity contribution in [3.05, 3.63) is 142 Å². The first kappa shape index (κ1) is 29.9. The summed E-state index contributed by atoms with van der Waals surface area (Å²) in [5.74, 6) is 0.293. The lowest BCUT2D eigenvalue weighted by Gasteiger charge is -2.19. The fraction of sp³-hybridized carbons (Fsp3) is 0.273. The molecule has 4 aromatic carbocycles. The van der Waals surface area contributed by atoms with Gasteiger partial charge in [0, 0.05) is 5.92 Å². The molecule has 0 saturated carbocycles. The summed E-state index contributed by atoms with van der Waals surface area (Å²) >= 11 is 0. The van der Waals surface area contributed by atoms with E-state index in [-0.39, 0.29) is 14.9 Å². The molecule has 0 atom stereocenters. The number of benzene rings is 4. The first-order valence-electron chi connectivity index (χ1n) is 11.2. The van der Waals surface area contributed by atoms with Crippen LogP contribution in [0.5, 0.6) is 0 Å². The lowest BCUT2D eigenvalue weighted by atomic mass is 9.84. The highest BCUT2D eigenvalue weighted by Gasteiger charge is 2.16. The van der Waals surface area contributed by atoms with Crippen molar-refractivity contribution in [2.75, 3.05) is 0 Å². The molecule has 0 amide bonds. The maximum Gasteiger partial charge on any atom is 0.0339 e. The van der Waals surface area contributed by atoms with Crippen molar-refractivity contribution in [2.45, 2.75) is 62.3 Å². The van der Waals surface area contributed by atoms with Crippen LogP contribution in [0.25, 0.3) is 0 Å². The first-order valence-corrected chi connectivity index (χ1v) is 11.2. The van der Waals surface area contributed by atoms with Gasteiger partial charge in [-0.15, -0.1) is 0 Å². The fourth-order valence-electron chi connectivity index (χ4n) is 3.39. The lowest BCUT2D eigenvalue weighted by molar-refractivity contribution is 0.973. The van der Waals surface area contributed by atoms with Gasteiger partial charge in [-0.2, -0.15) is 0 Å². The average Bonchev–Trinajstić information content (AvgIpc) is 2.80. The van der Waals surface area contributed by atoms with E-state index in [1.54, 1.807) is 0 Å². The predicted octanol–water partition coefficient (Wildman–Crippen LogP) is 10.1. The number of hydrogen-bond donors (Lipinski definition) is 0. The molecule has 0 bridgehead atoms. The summed E-state index contributed by atoms with van der Waals surface area (Å²) in [5.41, 5.74) is 9.26. The number of rotatable bonds is 3. The third-order valence-corrected chi connectivity index (χ3v) is 5.17. The van der Waals surface area contributed by atoms with E-state index in [2.05, 4.69) is 113 Å². The topological polar surface area (TPSA) is 0 Å². The number of aryl methyl sites for hydroxylation is 4. The molecule has 0 fully saturated rings. The molecule has 0 aromatic heterocycles. The van der Waals surface area contributed by atoms with Crippen LogP contribution >= 0.6 is 0 Å². The maximum atomic E-state index is 2.25. The van der Waals surface area contributed by atoms with E-state index >= 15 is 0 Å². The Morgan fingerprint density at radius 3 is 0.818 bits per heavy atom. The summed E-state index contributed by atoms with van der Waals surface area (Å²) < 4.78 is 0.